The molecule has 1 amide bonds. The number of nitrogens with one attached hydrogen (secondary N) is 1. The first-order valence-corrected chi connectivity index (χ1v) is 11.6. The molecule has 0 aliphatic carbocycles. The predicted molar refractivity (Wildman–Crippen MR) is 117 cm³/mol. The van der Waals surface area contributed by atoms with Crippen molar-refractivity contribution in [3.63, 3.8) is 0 Å². The Labute approximate surface area is 180 Å². The number of fused-ring (bicyclic) bond motifs is 1. The van der Waals surface area contributed by atoms with Gasteiger partial charge in [0.2, 0.25) is 10.0 Å². The molecular formula is C19H18Br2N2O4S. The molecule has 0 saturated heterocycles. The van der Waals surface area contributed by atoms with E-state index in [-0.39, 0.29) is 16.6 Å². The molecule has 0 radical (unpaired) electrons. The highest BCUT2D eigenvalue weighted by Gasteiger charge is 2.28. The van der Waals surface area contributed by atoms with Crippen molar-refractivity contribution in [2.75, 3.05) is 18.4 Å². The van der Waals surface area contributed by atoms with Crippen molar-refractivity contribution in [1.29, 1.82) is 0 Å². The normalized spacial score (nSPS) is 15.2. The van der Waals surface area contributed by atoms with Crippen molar-refractivity contribution < 1.29 is 18.3 Å². The van der Waals surface area contributed by atoms with Gasteiger partial charge in [-0.2, -0.15) is 4.31 Å². The fraction of sp³-hybridized carbons (Fsp3) is 0.211. The zero-order valence-electron chi connectivity index (χ0n) is 15.2. The summed E-state index contributed by atoms with van der Waals surface area (Å²) >= 11 is 6.54. The van der Waals surface area contributed by atoms with Gasteiger partial charge >= 0.3 is 0 Å². The number of phenolic OH excluding ortho intramolecular Hbond substituents is 1. The van der Waals surface area contributed by atoms with Gasteiger partial charge in [-0.1, -0.05) is 13.8 Å². The lowest BCUT2D eigenvalue weighted by Gasteiger charge is -2.18. The second-order valence-electron chi connectivity index (χ2n) is 6.14. The molecule has 0 aromatic heterocycles. The number of hydrogen-bond acceptors (Lipinski definition) is 4. The van der Waals surface area contributed by atoms with Gasteiger partial charge in [-0.3, -0.25) is 4.79 Å². The van der Waals surface area contributed by atoms with Gasteiger partial charge in [0.15, 0.2) is 0 Å². The molecule has 0 fully saturated rings. The zero-order chi connectivity index (χ0) is 20.6. The van der Waals surface area contributed by atoms with E-state index in [1.165, 1.54) is 16.4 Å². The Balaban J connectivity index is 2.11. The van der Waals surface area contributed by atoms with E-state index < -0.39 is 10.0 Å². The summed E-state index contributed by atoms with van der Waals surface area (Å²) in [5.41, 5.74) is 2.12. The van der Waals surface area contributed by atoms with Gasteiger partial charge in [0, 0.05) is 29.9 Å². The van der Waals surface area contributed by atoms with Crippen LogP contribution in [0.3, 0.4) is 0 Å². The maximum atomic E-state index is 12.8. The number of rotatable bonds is 5. The number of sulfonamides is 1. The number of aromatic hydroxyl groups is 1. The van der Waals surface area contributed by atoms with Crippen LogP contribution in [0.1, 0.15) is 25.0 Å². The molecular weight excluding hydrogens is 512 g/mol. The number of phenols is 1. The summed E-state index contributed by atoms with van der Waals surface area (Å²) in [4.78, 5) is 12.6. The van der Waals surface area contributed by atoms with Crippen LogP contribution in [0.5, 0.6) is 5.75 Å². The minimum Gasteiger partial charge on any atom is -0.506 e. The lowest BCUT2D eigenvalue weighted by atomic mass is 10.0. The number of nitrogens with zero attached hydrogens (tertiary/aromatic N) is 1. The van der Waals surface area contributed by atoms with Crippen LogP contribution in [0, 0.1) is 0 Å². The first-order chi connectivity index (χ1) is 13.2. The highest BCUT2D eigenvalue weighted by Crippen LogP contribution is 2.38. The fourth-order valence-electron chi connectivity index (χ4n) is 3.02. The van der Waals surface area contributed by atoms with Gasteiger partial charge in [-0.05, 0) is 73.8 Å². The Hall–Kier alpha value is -1.68. The molecule has 0 bridgehead atoms. The van der Waals surface area contributed by atoms with Crippen LogP contribution in [0.2, 0.25) is 0 Å². The van der Waals surface area contributed by atoms with E-state index in [0.717, 1.165) is 0 Å². The molecule has 148 valence electrons. The molecule has 3 rings (SSSR count). The van der Waals surface area contributed by atoms with Gasteiger partial charge in [0.05, 0.1) is 13.8 Å². The van der Waals surface area contributed by atoms with Crippen molar-refractivity contribution in [3.05, 3.63) is 50.4 Å². The van der Waals surface area contributed by atoms with Crippen molar-refractivity contribution >= 4 is 65.1 Å². The summed E-state index contributed by atoms with van der Waals surface area (Å²) in [5.74, 6) is -0.251. The second-order valence-corrected chi connectivity index (χ2v) is 9.79. The summed E-state index contributed by atoms with van der Waals surface area (Å²) in [7, 11) is -3.64. The third kappa shape index (κ3) is 3.76. The number of carbonyl (C=O) groups is 1. The van der Waals surface area contributed by atoms with Gasteiger partial charge < -0.3 is 10.4 Å². The minimum absolute atomic E-state index is 0.0611. The van der Waals surface area contributed by atoms with E-state index in [1.54, 1.807) is 38.1 Å². The number of carbonyl (C=O) groups excluding carboxylic acids is 1. The summed E-state index contributed by atoms with van der Waals surface area (Å²) in [6, 6.07) is 7.98. The Morgan fingerprint density at radius 3 is 2.29 bits per heavy atom. The van der Waals surface area contributed by atoms with E-state index >= 15 is 0 Å². The van der Waals surface area contributed by atoms with Gasteiger partial charge in [-0.25, -0.2) is 8.42 Å². The zero-order valence-corrected chi connectivity index (χ0v) is 19.2. The molecule has 1 aliphatic heterocycles. The van der Waals surface area contributed by atoms with Crippen molar-refractivity contribution in [1.82, 2.24) is 4.31 Å². The number of amides is 1. The van der Waals surface area contributed by atoms with Crippen LogP contribution in [0.15, 0.2) is 44.2 Å². The molecule has 0 spiro atoms. The van der Waals surface area contributed by atoms with E-state index in [1.807, 2.05) is 0 Å². The highest BCUT2D eigenvalue weighted by atomic mass is 79.9. The van der Waals surface area contributed by atoms with Crippen LogP contribution < -0.4 is 5.32 Å². The van der Waals surface area contributed by atoms with E-state index in [2.05, 4.69) is 37.2 Å². The SMILES string of the molecule is CCN(CC)S(=O)(=O)c1ccc2c(c1)/C(=C/c1cc(Br)c(O)c(Br)c1)C(=O)N2. The Morgan fingerprint density at radius 2 is 1.71 bits per heavy atom. The first-order valence-electron chi connectivity index (χ1n) is 8.54. The summed E-state index contributed by atoms with van der Waals surface area (Å²) in [5, 5.41) is 12.6. The van der Waals surface area contributed by atoms with Crippen LogP contribution in [-0.2, 0) is 14.8 Å². The second kappa shape index (κ2) is 7.98. The lowest BCUT2D eigenvalue weighted by molar-refractivity contribution is -0.110. The van der Waals surface area contributed by atoms with Crippen LogP contribution >= 0.6 is 31.9 Å². The van der Waals surface area contributed by atoms with Crippen LogP contribution in [0.4, 0.5) is 5.69 Å². The quantitative estimate of drug-likeness (QED) is 0.560. The van der Waals surface area contributed by atoms with E-state index in [4.69, 9.17) is 0 Å². The van der Waals surface area contributed by atoms with Crippen molar-refractivity contribution in [3.8, 4) is 5.75 Å². The predicted octanol–water partition coefficient (Wildman–Crippen LogP) is 4.44. The molecule has 2 aromatic rings. The maximum absolute atomic E-state index is 12.8. The average Bonchev–Trinajstić information content (AvgIpc) is 2.95. The van der Waals surface area contributed by atoms with Crippen molar-refractivity contribution in [2.24, 2.45) is 0 Å². The largest absolute Gasteiger partial charge is 0.506 e. The topological polar surface area (TPSA) is 86.7 Å². The number of benzene rings is 2. The third-order valence-electron chi connectivity index (χ3n) is 4.47. The molecule has 2 aromatic carbocycles. The maximum Gasteiger partial charge on any atom is 0.256 e. The molecule has 2 N–H and O–H groups in total. The fourth-order valence-corrected chi connectivity index (χ4v) is 5.73. The summed E-state index contributed by atoms with van der Waals surface area (Å²) in [6.45, 7) is 4.30. The number of halogens is 2. The number of anilines is 1. The summed E-state index contributed by atoms with van der Waals surface area (Å²) in [6.07, 6.45) is 1.66. The molecule has 1 heterocycles. The molecule has 9 heteroatoms. The van der Waals surface area contributed by atoms with Gasteiger partial charge in [-0.15, -0.1) is 0 Å². The van der Waals surface area contributed by atoms with E-state index in [0.29, 0.717) is 44.4 Å². The standard InChI is InChI=1S/C19H18Br2N2O4S/c1-3-23(4-2)28(26,27)12-5-6-17-13(10-12)14(19(25)22-17)7-11-8-15(20)18(24)16(21)9-11/h5-10,24H,3-4H2,1-2H3,(H,22,25)/b14-7-. The summed E-state index contributed by atoms with van der Waals surface area (Å²) < 4.78 is 28.0. The Bertz CT molecular complexity index is 1070. The highest BCUT2D eigenvalue weighted by molar-refractivity contribution is 9.11. The monoisotopic (exact) mass is 528 g/mol. The molecule has 1 aliphatic rings. The van der Waals surface area contributed by atoms with Crippen LogP contribution in [-0.4, -0.2) is 36.8 Å². The van der Waals surface area contributed by atoms with Gasteiger partial charge in [0.25, 0.3) is 5.91 Å². The smallest absolute Gasteiger partial charge is 0.256 e. The average molecular weight is 530 g/mol. The molecule has 28 heavy (non-hydrogen) atoms. The van der Waals surface area contributed by atoms with Crippen LogP contribution in [0.25, 0.3) is 11.6 Å². The molecule has 6 nitrogen and oxygen atoms in total. The third-order valence-corrected chi connectivity index (χ3v) is 7.72. The van der Waals surface area contributed by atoms with Gasteiger partial charge in [0.1, 0.15) is 5.75 Å². The Morgan fingerprint density at radius 1 is 1.11 bits per heavy atom. The molecule has 0 unspecified atom stereocenters. The van der Waals surface area contributed by atoms with Crippen molar-refractivity contribution in [2.45, 2.75) is 18.7 Å². The molecule has 0 saturated carbocycles. The Kier molecular flexibility index (Phi) is 6.00. The minimum atomic E-state index is -3.64. The lowest BCUT2D eigenvalue weighted by Crippen LogP contribution is -2.30. The molecule has 0 atom stereocenters. The van der Waals surface area contributed by atoms with E-state index in [9.17, 15) is 18.3 Å². The first kappa shape index (κ1) is 21.0. The number of hydrogen-bond donors (Lipinski definition) is 2.